The number of piperazine rings is 1. The number of likely N-dealkylation sites (N-methyl/N-ethyl adjacent to an activating group) is 1. The fourth-order valence-corrected chi connectivity index (χ4v) is 4.91. The summed E-state index contributed by atoms with van der Waals surface area (Å²) in [5, 5.41) is 16.1. The number of hydrogen-bond acceptors (Lipinski definition) is 6. The molecule has 38 heavy (non-hydrogen) atoms. The number of non-ortho nitro benzene ring substituents is 1. The van der Waals surface area contributed by atoms with Gasteiger partial charge in [0, 0.05) is 56.0 Å². The normalized spacial score (nSPS) is 14.2. The number of nitro benzene ring substituents is 1. The van der Waals surface area contributed by atoms with Gasteiger partial charge < -0.3 is 14.7 Å². The molecule has 3 aromatic rings. The van der Waals surface area contributed by atoms with Crippen molar-refractivity contribution >= 4 is 17.4 Å². The molecule has 1 fully saturated rings. The molecule has 0 spiro atoms. The first-order valence-electron chi connectivity index (χ1n) is 13.0. The van der Waals surface area contributed by atoms with E-state index in [1.807, 2.05) is 26.8 Å². The highest BCUT2D eigenvalue weighted by molar-refractivity contribution is 5.95. The number of carbonyl (C=O) groups is 1. The molecule has 0 saturated carbocycles. The number of amides is 1. The Labute approximate surface area is 222 Å². The molecule has 1 amide bonds. The van der Waals surface area contributed by atoms with E-state index in [-0.39, 0.29) is 35.4 Å². The van der Waals surface area contributed by atoms with Gasteiger partial charge in [0.05, 0.1) is 22.8 Å². The van der Waals surface area contributed by atoms with Crippen LogP contribution in [0.4, 0.5) is 15.9 Å². The standard InChI is InChI=1S/C28H35FN6O3/c1-5-31-12-14-32(15-13-31)27-26(21(4)30-34(27)24-10-7-9-23(29)17-24)19-33(18-20(2)3)28(36)22-8-6-11-25(16-22)35(37)38/h6-11,16-17,20H,5,12-15,18-19H2,1-4H3. The van der Waals surface area contributed by atoms with Crippen LogP contribution >= 0.6 is 0 Å². The summed E-state index contributed by atoms with van der Waals surface area (Å²) in [6.45, 7) is 13.2. The van der Waals surface area contributed by atoms with Crippen molar-refractivity contribution in [2.45, 2.75) is 34.2 Å². The van der Waals surface area contributed by atoms with Gasteiger partial charge in [-0.2, -0.15) is 5.10 Å². The van der Waals surface area contributed by atoms with Crippen molar-refractivity contribution in [2.75, 3.05) is 44.2 Å². The van der Waals surface area contributed by atoms with Gasteiger partial charge in [0.1, 0.15) is 11.6 Å². The Hall–Kier alpha value is -3.79. The maximum atomic E-state index is 14.2. The third-order valence-corrected chi connectivity index (χ3v) is 6.85. The second kappa shape index (κ2) is 11.7. The molecule has 0 radical (unpaired) electrons. The van der Waals surface area contributed by atoms with E-state index in [1.54, 1.807) is 21.7 Å². The van der Waals surface area contributed by atoms with Crippen LogP contribution in [0.2, 0.25) is 0 Å². The van der Waals surface area contributed by atoms with Crippen LogP contribution in [-0.4, -0.2) is 69.7 Å². The van der Waals surface area contributed by atoms with Gasteiger partial charge in [-0.15, -0.1) is 0 Å². The molecule has 1 aliphatic rings. The number of hydrogen-bond donors (Lipinski definition) is 0. The summed E-state index contributed by atoms with van der Waals surface area (Å²) in [6.07, 6.45) is 0. The third-order valence-electron chi connectivity index (χ3n) is 6.85. The van der Waals surface area contributed by atoms with Gasteiger partial charge in [0.25, 0.3) is 11.6 Å². The lowest BCUT2D eigenvalue weighted by molar-refractivity contribution is -0.384. The van der Waals surface area contributed by atoms with Crippen molar-refractivity contribution < 1.29 is 14.1 Å². The van der Waals surface area contributed by atoms with Gasteiger partial charge in [-0.25, -0.2) is 9.07 Å². The zero-order valence-corrected chi connectivity index (χ0v) is 22.4. The summed E-state index contributed by atoms with van der Waals surface area (Å²) >= 11 is 0. The molecule has 1 saturated heterocycles. The highest BCUT2D eigenvalue weighted by Gasteiger charge is 2.28. The number of carbonyl (C=O) groups excluding carboxylic acids is 1. The molecule has 1 aromatic heterocycles. The fourth-order valence-electron chi connectivity index (χ4n) is 4.91. The van der Waals surface area contributed by atoms with E-state index in [1.165, 1.54) is 30.3 Å². The molecular weight excluding hydrogens is 487 g/mol. The van der Waals surface area contributed by atoms with Crippen molar-refractivity contribution in [1.82, 2.24) is 19.6 Å². The predicted octanol–water partition coefficient (Wildman–Crippen LogP) is 4.67. The summed E-state index contributed by atoms with van der Waals surface area (Å²) in [4.78, 5) is 30.9. The van der Waals surface area contributed by atoms with E-state index >= 15 is 0 Å². The number of aromatic nitrogens is 2. The van der Waals surface area contributed by atoms with E-state index in [0.29, 0.717) is 12.2 Å². The molecule has 0 atom stereocenters. The molecule has 4 rings (SSSR count). The summed E-state index contributed by atoms with van der Waals surface area (Å²) in [5.74, 6) is 0.403. The van der Waals surface area contributed by atoms with Gasteiger partial charge in [0.2, 0.25) is 0 Å². The lowest BCUT2D eigenvalue weighted by atomic mass is 10.1. The molecule has 1 aliphatic heterocycles. The van der Waals surface area contributed by atoms with Crippen molar-refractivity contribution in [2.24, 2.45) is 5.92 Å². The average molecular weight is 523 g/mol. The Morgan fingerprint density at radius 1 is 1.13 bits per heavy atom. The largest absolute Gasteiger partial charge is 0.354 e. The molecule has 10 heteroatoms. The molecule has 0 unspecified atom stereocenters. The number of benzene rings is 2. The van der Waals surface area contributed by atoms with E-state index < -0.39 is 4.92 Å². The Morgan fingerprint density at radius 2 is 1.84 bits per heavy atom. The van der Waals surface area contributed by atoms with Gasteiger partial charge in [-0.3, -0.25) is 14.9 Å². The van der Waals surface area contributed by atoms with E-state index in [9.17, 15) is 19.3 Å². The molecular formula is C28H35FN6O3. The van der Waals surface area contributed by atoms with Crippen molar-refractivity contribution in [3.05, 3.63) is 81.3 Å². The SMILES string of the molecule is CCN1CCN(c2c(CN(CC(C)C)C(=O)c3cccc([N+](=O)[O-])c3)c(C)nn2-c2cccc(F)c2)CC1. The number of nitro groups is 1. The van der Waals surface area contributed by atoms with Gasteiger partial charge >= 0.3 is 0 Å². The second-order valence-corrected chi connectivity index (χ2v) is 10.1. The van der Waals surface area contributed by atoms with Gasteiger partial charge in [0.15, 0.2) is 0 Å². The highest BCUT2D eigenvalue weighted by Crippen LogP contribution is 2.31. The minimum Gasteiger partial charge on any atom is -0.354 e. The quantitative estimate of drug-likeness (QED) is 0.300. The number of rotatable bonds is 9. The molecule has 9 nitrogen and oxygen atoms in total. The van der Waals surface area contributed by atoms with Crippen molar-refractivity contribution in [1.29, 1.82) is 0 Å². The lowest BCUT2D eigenvalue weighted by Crippen LogP contribution is -2.47. The molecule has 2 heterocycles. The lowest BCUT2D eigenvalue weighted by Gasteiger charge is -2.36. The smallest absolute Gasteiger partial charge is 0.270 e. The maximum absolute atomic E-state index is 14.2. The summed E-state index contributed by atoms with van der Waals surface area (Å²) in [5.41, 5.74) is 2.41. The molecule has 0 bridgehead atoms. The Kier molecular flexibility index (Phi) is 8.41. The molecule has 2 aromatic carbocycles. The Balaban J connectivity index is 1.76. The van der Waals surface area contributed by atoms with Crippen LogP contribution < -0.4 is 4.90 Å². The van der Waals surface area contributed by atoms with Crippen molar-refractivity contribution in [3.63, 3.8) is 0 Å². The van der Waals surface area contributed by atoms with E-state index in [0.717, 1.165) is 49.8 Å². The van der Waals surface area contributed by atoms with Gasteiger partial charge in [-0.1, -0.05) is 32.9 Å². The Bertz CT molecular complexity index is 1300. The topological polar surface area (TPSA) is 87.8 Å². The molecule has 202 valence electrons. The molecule has 0 aliphatic carbocycles. The Morgan fingerprint density at radius 3 is 2.47 bits per heavy atom. The fraction of sp³-hybridized carbons (Fsp3) is 0.429. The summed E-state index contributed by atoms with van der Waals surface area (Å²) in [7, 11) is 0. The van der Waals surface area contributed by atoms with Crippen LogP contribution in [0.1, 0.15) is 42.4 Å². The van der Waals surface area contributed by atoms with Crippen molar-refractivity contribution in [3.8, 4) is 5.69 Å². The number of halogens is 1. The first-order chi connectivity index (χ1) is 18.2. The van der Waals surface area contributed by atoms with Crippen LogP contribution in [-0.2, 0) is 6.54 Å². The minimum absolute atomic E-state index is 0.120. The van der Waals surface area contributed by atoms with Gasteiger partial charge in [-0.05, 0) is 43.7 Å². The van der Waals surface area contributed by atoms with Crippen LogP contribution in [0.5, 0.6) is 0 Å². The second-order valence-electron chi connectivity index (χ2n) is 10.1. The first kappa shape index (κ1) is 27.3. The maximum Gasteiger partial charge on any atom is 0.270 e. The summed E-state index contributed by atoms with van der Waals surface area (Å²) in [6, 6.07) is 12.2. The van der Waals surface area contributed by atoms with E-state index in [4.69, 9.17) is 5.10 Å². The predicted molar refractivity (Wildman–Crippen MR) is 145 cm³/mol. The minimum atomic E-state index is -0.495. The van der Waals surface area contributed by atoms with E-state index in [2.05, 4.69) is 16.7 Å². The zero-order chi connectivity index (χ0) is 27.4. The zero-order valence-electron chi connectivity index (χ0n) is 22.4. The van der Waals surface area contributed by atoms with Crippen LogP contribution in [0.3, 0.4) is 0 Å². The number of nitrogens with zero attached hydrogens (tertiary/aromatic N) is 6. The first-order valence-corrected chi connectivity index (χ1v) is 13.0. The summed E-state index contributed by atoms with van der Waals surface area (Å²) < 4.78 is 16.0. The average Bonchev–Trinajstić information content (AvgIpc) is 3.23. The third kappa shape index (κ3) is 6.02. The highest BCUT2D eigenvalue weighted by atomic mass is 19.1. The number of anilines is 1. The number of aryl methyl sites for hydroxylation is 1. The molecule has 0 N–H and O–H groups in total. The van der Waals surface area contributed by atoms with Crippen LogP contribution in [0.15, 0.2) is 48.5 Å². The van der Waals surface area contributed by atoms with Crippen LogP contribution in [0, 0.1) is 28.8 Å². The monoisotopic (exact) mass is 522 g/mol. The van der Waals surface area contributed by atoms with Crippen LogP contribution in [0.25, 0.3) is 5.69 Å².